The van der Waals surface area contributed by atoms with Gasteiger partial charge in [0.2, 0.25) is 5.91 Å². The van der Waals surface area contributed by atoms with Gasteiger partial charge in [-0.05, 0) is 25.3 Å². The van der Waals surface area contributed by atoms with Crippen LogP contribution in [0.1, 0.15) is 39.0 Å². The average molecular weight is 272 g/mol. The van der Waals surface area contributed by atoms with Crippen LogP contribution in [0.3, 0.4) is 0 Å². The Bertz CT molecular complexity index is 322. The van der Waals surface area contributed by atoms with Crippen molar-refractivity contribution >= 4 is 11.9 Å². The summed E-state index contributed by atoms with van der Waals surface area (Å²) in [4.78, 5) is 24.4. The molecule has 0 aromatic heterocycles. The zero-order valence-electron chi connectivity index (χ0n) is 11.4. The lowest BCUT2D eigenvalue weighted by molar-refractivity contribution is -0.148. The van der Waals surface area contributed by atoms with Gasteiger partial charge in [0, 0.05) is 19.4 Å². The number of carboxylic acids is 1. The van der Waals surface area contributed by atoms with E-state index in [-0.39, 0.29) is 18.9 Å². The first-order chi connectivity index (χ1) is 8.99. The third-order valence-corrected chi connectivity index (χ3v) is 3.80. The van der Waals surface area contributed by atoms with Gasteiger partial charge in [-0.3, -0.25) is 4.79 Å². The maximum Gasteiger partial charge on any atom is 0.326 e. The molecule has 1 rings (SSSR count). The number of aliphatic hydroxyl groups excluding tert-OH is 1. The number of likely N-dealkylation sites (tertiary alicyclic amines) is 1. The van der Waals surface area contributed by atoms with Crippen LogP contribution in [0.4, 0.5) is 0 Å². The summed E-state index contributed by atoms with van der Waals surface area (Å²) < 4.78 is 0. The normalized spacial score (nSPS) is 24.5. The Kier molecular flexibility index (Phi) is 6.24. The minimum Gasteiger partial charge on any atom is -0.480 e. The molecule has 0 spiro atoms. The van der Waals surface area contributed by atoms with Crippen LogP contribution < -0.4 is 5.73 Å². The summed E-state index contributed by atoms with van der Waals surface area (Å²) in [5, 5.41) is 18.5. The van der Waals surface area contributed by atoms with Crippen LogP contribution >= 0.6 is 0 Å². The van der Waals surface area contributed by atoms with Crippen LogP contribution in [-0.4, -0.2) is 52.2 Å². The van der Waals surface area contributed by atoms with Gasteiger partial charge in [-0.1, -0.05) is 13.3 Å². The maximum absolute atomic E-state index is 12.1. The predicted octanol–water partition coefficient (Wildman–Crippen LogP) is 0.188. The Morgan fingerprint density at radius 3 is 2.63 bits per heavy atom. The largest absolute Gasteiger partial charge is 0.480 e. The molecule has 0 saturated carbocycles. The number of aliphatic carboxylic acids is 1. The number of hydrogen-bond donors (Lipinski definition) is 3. The van der Waals surface area contributed by atoms with E-state index in [9.17, 15) is 14.7 Å². The lowest BCUT2D eigenvalue weighted by Crippen LogP contribution is -2.40. The van der Waals surface area contributed by atoms with Crippen LogP contribution in [-0.2, 0) is 9.59 Å². The minimum absolute atomic E-state index is 0.126. The highest BCUT2D eigenvalue weighted by molar-refractivity contribution is 5.84. The van der Waals surface area contributed by atoms with Crippen molar-refractivity contribution in [3.63, 3.8) is 0 Å². The Hall–Kier alpha value is -1.14. The second kappa shape index (κ2) is 7.45. The topological polar surface area (TPSA) is 104 Å². The maximum atomic E-state index is 12.1. The van der Waals surface area contributed by atoms with Crippen molar-refractivity contribution in [3.05, 3.63) is 0 Å². The highest BCUT2D eigenvalue weighted by Crippen LogP contribution is 2.21. The summed E-state index contributed by atoms with van der Waals surface area (Å²) in [6.07, 6.45) is 2.31. The molecule has 1 aliphatic rings. The van der Waals surface area contributed by atoms with E-state index in [1.54, 1.807) is 0 Å². The van der Waals surface area contributed by atoms with Gasteiger partial charge in [0.25, 0.3) is 0 Å². The first-order valence-electron chi connectivity index (χ1n) is 6.90. The molecule has 2 unspecified atom stereocenters. The highest BCUT2D eigenvalue weighted by atomic mass is 16.4. The molecule has 110 valence electrons. The summed E-state index contributed by atoms with van der Waals surface area (Å²) in [6, 6.07) is -0.878. The first-order valence-corrected chi connectivity index (χ1v) is 6.90. The fourth-order valence-corrected chi connectivity index (χ4v) is 2.58. The molecular weight excluding hydrogens is 248 g/mol. The lowest BCUT2D eigenvalue weighted by Gasteiger charge is -2.22. The number of hydrogen-bond acceptors (Lipinski definition) is 4. The van der Waals surface area contributed by atoms with Gasteiger partial charge in [-0.15, -0.1) is 0 Å². The minimum atomic E-state index is -1.04. The Balaban J connectivity index is 2.50. The second-order valence-electron chi connectivity index (χ2n) is 5.18. The van der Waals surface area contributed by atoms with Crippen molar-refractivity contribution in [2.24, 2.45) is 11.7 Å². The zero-order valence-corrected chi connectivity index (χ0v) is 11.4. The Morgan fingerprint density at radius 2 is 2.11 bits per heavy atom. The van der Waals surface area contributed by atoms with Crippen molar-refractivity contribution in [2.45, 2.75) is 51.2 Å². The van der Waals surface area contributed by atoms with Crippen molar-refractivity contribution < 1.29 is 19.8 Å². The molecule has 1 amide bonds. The lowest BCUT2D eigenvalue weighted by atomic mass is 9.96. The molecule has 6 nitrogen and oxygen atoms in total. The van der Waals surface area contributed by atoms with Crippen molar-refractivity contribution in [1.29, 1.82) is 0 Å². The molecule has 0 aliphatic carbocycles. The van der Waals surface area contributed by atoms with Crippen molar-refractivity contribution in [2.75, 3.05) is 13.1 Å². The molecule has 4 N–H and O–H groups in total. The summed E-state index contributed by atoms with van der Waals surface area (Å²) in [5.74, 6) is -0.817. The molecular formula is C13H24N2O4. The van der Waals surface area contributed by atoms with Gasteiger partial charge in [-0.25, -0.2) is 4.79 Å². The summed E-state index contributed by atoms with van der Waals surface area (Å²) in [6.45, 7) is 2.79. The van der Waals surface area contributed by atoms with E-state index >= 15 is 0 Å². The van der Waals surface area contributed by atoms with Gasteiger partial charge in [-0.2, -0.15) is 0 Å². The molecule has 1 fully saturated rings. The van der Waals surface area contributed by atoms with E-state index in [4.69, 9.17) is 10.8 Å². The molecule has 6 heteroatoms. The van der Waals surface area contributed by atoms with Crippen LogP contribution in [0.2, 0.25) is 0 Å². The van der Waals surface area contributed by atoms with Crippen molar-refractivity contribution in [1.82, 2.24) is 4.90 Å². The monoisotopic (exact) mass is 272 g/mol. The van der Waals surface area contributed by atoms with Crippen LogP contribution in [0.25, 0.3) is 0 Å². The van der Waals surface area contributed by atoms with E-state index in [1.165, 1.54) is 4.90 Å². The van der Waals surface area contributed by atoms with E-state index < -0.39 is 18.1 Å². The number of β-amino-alcohol motifs (C(OH)–C–C–N with tert-alkyl or cyclic N) is 1. The highest BCUT2D eigenvalue weighted by Gasteiger charge is 2.38. The van der Waals surface area contributed by atoms with E-state index in [2.05, 4.69) is 6.92 Å². The number of amides is 1. The standard InChI is InChI=1S/C13H24N2O4/c1-2-9(5-6-14)3-4-12(17)15-8-10(16)7-11(15)13(18)19/h9-11,16H,2-8,14H2,1H3,(H,18,19)/t9?,10?,11-/m0/s1. The Morgan fingerprint density at radius 1 is 1.42 bits per heavy atom. The van der Waals surface area contributed by atoms with Gasteiger partial charge in [0.1, 0.15) is 6.04 Å². The number of nitrogens with zero attached hydrogens (tertiary/aromatic N) is 1. The SMILES string of the molecule is CCC(CCN)CCC(=O)N1CC(O)C[C@H]1C(=O)O. The van der Waals surface area contributed by atoms with Crippen molar-refractivity contribution in [3.8, 4) is 0 Å². The van der Waals surface area contributed by atoms with E-state index in [1.807, 2.05) is 0 Å². The quantitative estimate of drug-likeness (QED) is 0.613. The number of carbonyl (C=O) groups excluding carboxylic acids is 1. The average Bonchev–Trinajstić information content (AvgIpc) is 2.76. The predicted molar refractivity (Wildman–Crippen MR) is 70.4 cm³/mol. The molecule has 1 aliphatic heterocycles. The smallest absolute Gasteiger partial charge is 0.326 e. The number of aliphatic hydroxyl groups is 1. The van der Waals surface area contributed by atoms with Crippen LogP contribution in [0.15, 0.2) is 0 Å². The number of carbonyl (C=O) groups is 2. The first kappa shape index (κ1) is 15.9. The van der Waals surface area contributed by atoms with Gasteiger partial charge < -0.3 is 20.8 Å². The summed E-state index contributed by atoms with van der Waals surface area (Å²) in [7, 11) is 0. The fraction of sp³-hybridized carbons (Fsp3) is 0.846. The second-order valence-corrected chi connectivity index (χ2v) is 5.18. The molecule has 0 aromatic rings. The van der Waals surface area contributed by atoms with Gasteiger partial charge in [0.05, 0.1) is 6.10 Å². The molecule has 0 aromatic carbocycles. The van der Waals surface area contributed by atoms with Gasteiger partial charge in [0.15, 0.2) is 0 Å². The third kappa shape index (κ3) is 4.47. The fourth-order valence-electron chi connectivity index (χ4n) is 2.58. The molecule has 1 saturated heterocycles. The number of nitrogens with two attached hydrogens (primary N) is 1. The summed E-state index contributed by atoms with van der Waals surface area (Å²) >= 11 is 0. The van der Waals surface area contributed by atoms with Gasteiger partial charge >= 0.3 is 5.97 Å². The molecule has 3 atom stereocenters. The third-order valence-electron chi connectivity index (χ3n) is 3.80. The summed E-state index contributed by atoms with van der Waals surface area (Å²) in [5.41, 5.74) is 5.51. The van der Waals surface area contributed by atoms with Crippen LogP contribution in [0, 0.1) is 5.92 Å². The van der Waals surface area contributed by atoms with E-state index in [0.717, 1.165) is 19.3 Å². The number of carboxylic acid groups (broad SMARTS) is 1. The Labute approximate surface area is 113 Å². The van der Waals surface area contributed by atoms with Crippen LogP contribution in [0.5, 0.6) is 0 Å². The molecule has 0 radical (unpaired) electrons. The zero-order chi connectivity index (χ0) is 14.4. The number of rotatable bonds is 7. The van der Waals surface area contributed by atoms with E-state index in [0.29, 0.717) is 18.9 Å². The molecule has 19 heavy (non-hydrogen) atoms. The molecule has 0 bridgehead atoms. The molecule has 1 heterocycles.